The fourth-order valence-electron chi connectivity index (χ4n) is 1.12. The van der Waals surface area contributed by atoms with Crippen LogP contribution in [-0.4, -0.2) is 22.0 Å². The molecule has 6 heteroatoms. The molecule has 0 atom stereocenters. The maximum absolute atomic E-state index is 11.2. The first-order valence-electron chi connectivity index (χ1n) is 5.08. The molecule has 0 saturated heterocycles. The normalized spacial score (nSPS) is 10.1. The molecular weight excluding hydrogens is 228 g/mol. The van der Waals surface area contributed by atoms with Crippen molar-refractivity contribution in [1.82, 2.24) is 4.98 Å². The van der Waals surface area contributed by atoms with Crippen molar-refractivity contribution in [3.63, 3.8) is 0 Å². The highest BCUT2D eigenvalue weighted by molar-refractivity contribution is 7.13. The van der Waals surface area contributed by atoms with Gasteiger partial charge in [0.15, 0.2) is 5.13 Å². The molecule has 0 aliphatic rings. The molecule has 0 bridgehead atoms. The van der Waals surface area contributed by atoms with Crippen LogP contribution in [0.1, 0.15) is 31.9 Å². The van der Waals surface area contributed by atoms with Crippen molar-refractivity contribution in [2.75, 3.05) is 5.32 Å². The number of carboxylic acid groups (broad SMARTS) is 1. The smallest absolute Gasteiger partial charge is 0.303 e. The summed E-state index contributed by atoms with van der Waals surface area (Å²) in [6.07, 6.45) is 1.73. The summed E-state index contributed by atoms with van der Waals surface area (Å²) in [4.78, 5) is 25.7. The number of nitrogens with zero attached hydrogens (tertiary/aromatic N) is 1. The second kappa shape index (κ2) is 6.22. The summed E-state index contributed by atoms with van der Waals surface area (Å²) >= 11 is 1.32. The van der Waals surface area contributed by atoms with Crippen LogP contribution in [0.3, 0.4) is 0 Å². The minimum absolute atomic E-state index is 0.0540. The van der Waals surface area contributed by atoms with Crippen LogP contribution in [0, 0.1) is 0 Å². The Hall–Kier alpha value is -1.43. The number of nitrogens with one attached hydrogen (secondary N) is 1. The van der Waals surface area contributed by atoms with Gasteiger partial charge in [0.25, 0.3) is 0 Å². The number of hydrogen-bond acceptors (Lipinski definition) is 4. The SMILES string of the molecule is CCCC(=O)Nc1nc(CCC(=O)O)cs1. The van der Waals surface area contributed by atoms with Gasteiger partial charge >= 0.3 is 5.97 Å². The van der Waals surface area contributed by atoms with Crippen LogP contribution < -0.4 is 5.32 Å². The molecule has 0 aliphatic carbocycles. The third kappa shape index (κ3) is 4.39. The molecule has 88 valence electrons. The number of carboxylic acids is 1. The number of carbonyl (C=O) groups excluding carboxylic acids is 1. The molecule has 1 aromatic heterocycles. The third-order valence-electron chi connectivity index (χ3n) is 1.87. The average Bonchev–Trinajstić information content (AvgIpc) is 2.63. The van der Waals surface area contributed by atoms with E-state index in [9.17, 15) is 9.59 Å². The first-order chi connectivity index (χ1) is 7.61. The highest BCUT2D eigenvalue weighted by atomic mass is 32.1. The summed E-state index contributed by atoms with van der Waals surface area (Å²) in [6, 6.07) is 0. The Morgan fingerprint density at radius 2 is 2.25 bits per heavy atom. The molecule has 1 amide bonds. The van der Waals surface area contributed by atoms with Crippen molar-refractivity contribution in [3.05, 3.63) is 11.1 Å². The largest absolute Gasteiger partial charge is 0.481 e. The molecule has 0 radical (unpaired) electrons. The van der Waals surface area contributed by atoms with Gasteiger partial charge in [-0.2, -0.15) is 0 Å². The van der Waals surface area contributed by atoms with E-state index in [4.69, 9.17) is 5.11 Å². The summed E-state index contributed by atoms with van der Waals surface area (Å²) in [5, 5.41) is 13.5. The van der Waals surface area contributed by atoms with Crippen molar-refractivity contribution in [2.24, 2.45) is 0 Å². The Labute approximate surface area is 97.5 Å². The van der Waals surface area contributed by atoms with Crippen molar-refractivity contribution in [2.45, 2.75) is 32.6 Å². The van der Waals surface area contributed by atoms with E-state index in [-0.39, 0.29) is 12.3 Å². The average molecular weight is 242 g/mol. The molecule has 0 aliphatic heterocycles. The maximum atomic E-state index is 11.2. The highest BCUT2D eigenvalue weighted by Crippen LogP contribution is 2.16. The monoisotopic (exact) mass is 242 g/mol. The second-order valence-electron chi connectivity index (χ2n) is 3.34. The molecule has 1 heterocycles. The zero-order valence-corrected chi connectivity index (χ0v) is 9.84. The van der Waals surface area contributed by atoms with Crippen LogP contribution in [0.5, 0.6) is 0 Å². The molecule has 0 unspecified atom stereocenters. The number of hydrogen-bond donors (Lipinski definition) is 2. The number of amides is 1. The van der Waals surface area contributed by atoms with Crippen molar-refractivity contribution >= 4 is 28.3 Å². The molecule has 0 fully saturated rings. The highest BCUT2D eigenvalue weighted by Gasteiger charge is 2.06. The summed E-state index contributed by atoms with van der Waals surface area (Å²) in [7, 11) is 0. The lowest BCUT2D eigenvalue weighted by Gasteiger charge is -1.98. The van der Waals surface area contributed by atoms with E-state index in [2.05, 4.69) is 10.3 Å². The molecule has 1 rings (SSSR count). The lowest BCUT2D eigenvalue weighted by atomic mass is 10.2. The number of rotatable bonds is 6. The van der Waals surface area contributed by atoms with Gasteiger partial charge in [-0.15, -0.1) is 11.3 Å². The van der Waals surface area contributed by atoms with Gasteiger partial charge in [-0.3, -0.25) is 9.59 Å². The number of thiazole rings is 1. The van der Waals surface area contributed by atoms with E-state index in [1.54, 1.807) is 5.38 Å². The minimum atomic E-state index is -0.843. The van der Waals surface area contributed by atoms with Crippen LogP contribution >= 0.6 is 11.3 Å². The quantitative estimate of drug-likeness (QED) is 0.798. The molecule has 16 heavy (non-hydrogen) atoms. The van der Waals surface area contributed by atoms with Gasteiger partial charge in [0.2, 0.25) is 5.91 Å². The number of carbonyl (C=O) groups is 2. The predicted molar refractivity (Wildman–Crippen MR) is 61.6 cm³/mol. The molecule has 0 aromatic carbocycles. The van der Waals surface area contributed by atoms with Gasteiger partial charge in [-0.25, -0.2) is 4.98 Å². The third-order valence-corrected chi connectivity index (χ3v) is 2.68. The zero-order valence-electron chi connectivity index (χ0n) is 9.02. The Balaban J connectivity index is 2.45. The number of aryl methyl sites for hydroxylation is 1. The minimum Gasteiger partial charge on any atom is -0.481 e. The molecule has 0 spiro atoms. The summed E-state index contributed by atoms with van der Waals surface area (Å²) in [5.41, 5.74) is 0.708. The molecule has 5 nitrogen and oxygen atoms in total. The van der Waals surface area contributed by atoms with Crippen LogP contribution in [0.25, 0.3) is 0 Å². The lowest BCUT2D eigenvalue weighted by molar-refractivity contribution is -0.137. The van der Waals surface area contributed by atoms with Crippen molar-refractivity contribution in [1.29, 1.82) is 0 Å². The first-order valence-corrected chi connectivity index (χ1v) is 5.95. The Morgan fingerprint density at radius 3 is 2.88 bits per heavy atom. The van der Waals surface area contributed by atoms with E-state index in [0.29, 0.717) is 23.7 Å². The van der Waals surface area contributed by atoms with Crippen LogP contribution in [-0.2, 0) is 16.0 Å². The molecule has 0 saturated carbocycles. The topological polar surface area (TPSA) is 79.3 Å². The number of anilines is 1. The van der Waals surface area contributed by atoms with Crippen molar-refractivity contribution < 1.29 is 14.7 Å². The fraction of sp³-hybridized carbons (Fsp3) is 0.500. The van der Waals surface area contributed by atoms with Gasteiger partial charge in [0.05, 0.1) is 12.1 Å². The van der Waals surface area contributed by atoms with E-state index in [0.717, 1.165) is 6.42 Å². The molecule has 2 N–H and O–H groups in total. The van der Waals surface area contributed by atoms with Gasteiger partial charge in [-0.1, -0.05) is 6.92 Å². The van der Waals surface area contributed by atoms with Gasteiger partial charge in [0, 0.05) is 18.2 Å². The molecular formula is C10H14N2O3S. The van der Waals surface area contributed by atoms with Crippen LogP contribution in [0.15, 0.2) is 5.38 Å². The lowest BCUT2D eigenvalue weighted by Crippen LogP contribution is -2.10. The number of aliphatic carboxylic acids is 1. The number of aromatic nitrogens is 1. The summed E-state index contributed by atoms with van der Waals surface area (Å²) in [6.45, 7) is 1.93. The molecule has 1 aromatic rings. The van der Waals surface area contributed by atoms with E-state index in [1.165, 1.54) is 11.3 Å². The van der Waals surface area contributed by atoms with Gasteiger partial charge in [-0.05, 0) is 6.42 Å². The predicted octanol–water partition coefficient (Wildman–Crippen LogP) is 1.90. The Kier molecular flexibility index (Phi) is 4.91. The maximum Gasteiger partial charge on any atom is 0.303 e. The summed E-state index contributed by atoms with van der Waals surface area (Å²) < 4.78 is 0. The fourth-order valence-corrected chi connectivity index (χ4v) is 1.88. The van der Waals surface area contributed by atoms with Crippen LogP contribution in [0.4, 0.5) is 5.13 Å². The van der Waals surface area contributed by atoms with Crippen molar-refractivity contribution in [3.8, 4) is 0 Å². The van der Waals surface area contributed by atoms with Gasteiger partial charge in [0.1, 0.15) is 0 Å². The Morgan fingerprint density at radius 1 is 1.50 bits per heavy atom. The van der Waals surface area contributed by atoms with Gasteiger partial charge < -0.3 is 10.4 Å². The Bertz CT molecular complexity index is 376. The second-order valence-corrected chi connectivity index (χ2v) is 4.19. The van der Waals surface area contributed by atoms with E-state index in [1.807, 2.05) is 6.92 Å². The van der Waals surface area contributed by atoms with E-state index < -0.39 is 5.97 Å². The summed E-state index contributed by atoms with van der Waals surface area (Å²) in [5.74, 6) is -0.897. The van der Waals surface area contributed by atoms with E-state index >= 15 is 0 Å². The van der Waals surface area contributed by atoms with Crippen LogP contribution in [0.2, 0.25) is 0 Å². The zero-order chi connectivity index (χ0) is 12.0. The standard InChI is InChI=1S/C10H14N2O3S/c1-2-3-8(13)12-10-11-7(6-16-10)4-5-9(14)15/h6H,2-5H2,1H3,(H,14,15)(H,11,12,13). The first kappa shape index (κ1) is 12.6.